The van der Waals surface area contributed by atoms with Crippen molar-refractivity contribution in [3.8, 4) is 0 Å². The summed E-state index contributed by atoms with van der Waals surface area (Å²) in [5.41, 5.74) is 1.85. The number of anilines is 1. The average Bonchev–Trinajstić information content (AvgIpc) is 2.66. The van der Waals surface area contributed by atoms with Crippen LogP contribution in [0.5, 0.6) is 0 Å². The number of halogens is 1. The van der Waals surface area contributed by atoms with E-state index < -0.39 is 0 Å². The van der Waals surface area contributed by atoms with Crippen LogP contribution in [-0.2, 0) is 0 Å². The molecule has 0 atom stereocenters. The van der Waals surface area contributed by atoms with Gasteiger partial charge in [0, 0.05) is 61.4 Å². The first-order valence-corrected chi connectivity index (χ1v) is 9.01. The van der Waals surface area contributed by atoms with E-state index in [0.717, 1.165) is 44.2 Å². The lowest BCUT2D eigenvalue weighted by atomic mass is 10.2. The molecule has 6 heteroatoms. The van der Waals surface area contributed by atoms with Gasteiger partial charge in [0.15, 0.2) is 0 Å². The van der Waals surface area contributed by atoms with Crippen LogP contribution in [-0.4, -0.2) is 55.1 Å². The highest BCUT2D eigenvalue weighted by Crippen LogP contribution is 2.20. The zero-order chi connectivity index (χ0) is 17.5. The summed E-state index contributed by atoms with van der Waals surface area (Å²) in [5.74, 6) is -0.0341. The van der Waals surface area contributed by atoms with Crippen LogP contribution in [0.1, 0.15) is 16.8 Å². The third kappa shape index (κ3) is 5.18. The maximum Gasteiger partial charge on any atom is 0.251 e. The summed E-state index contributed by atoms with van der Waals surface area (Å²) in [6.07, 6.45) is 4.22. The van der Waals surface area contributed by atoms with Gasteiger partial charge in [0.2, 0.25) is 0 Å². The molecule has 2 aromatic rings. The van der Waals surface area contributed by atoms with Crippen molar-refractivity contribution in [2.24, 2.45) is 0 Å². The predicted molar refractivity (Wildman–Crippen MR) is 101 cm³/mol. The van der Waals surface area contributed by atoms with Crippen molar-refractivity contribution in [2.75, 3.05) is 44.2 Å². The van der Waals surface area contributed by atoms with Crippen LogP contribution in [0.15, 0.2) is 48.8 Å². The van der Waals surface area contributed by atoms with Gasteiger partial charge in [-0.3, -0.25) is 14.7 Å². The molecule has 1 aromatic heterocycles. The van der Waals surface area contributed by atoms with E-state index in [1.54, 1.807) is 24.5 Å². The minimum atomic E-state index is -0.0341. The fraction of sp³-hybridized carbons (Fsp3) is 0.368. The van der Waals surface area contributed by atoms with Gasteiger partial charge < -0.3 is 10.2 Å². The molecule has 1 saturated heterocycles. The Hall–Kier alpha value is -2.11. The second-order valence-electron chi connectivity index (χ2n) is 6.15. The van der Waals surface area contributed by atoms with Crippen LogP contribution < -0.4 is 10.2 Å². The second-order valence-corrected chi connectivity index (χ2v) is 6.59. The number of piperazine rings is 1. The molecule has 1 N–H and O–H groups in total. The zero-order valence-electron chi connectivity index (χ0n) is 14.2. The van der Waals surface area contributed by atoms with E-state index in [1.165, 1.54) is 5.69 Å². The van der Waals surface area contributed by atoms with E-state index >= 15 is 0 Å². The van der Waals surface area contributed by atoms with Gasteiger partial charge in [0.1, 0.15) is 0 Å². The number of pyridine rings is 1. The lowest BCUT2D eigenvalue weighted by molar-refractivity contribution is 0.0951. The van der Waals surface area contributed by atoms with E-state index in [-0.39, 0.29) is 5.91 Å². The topological polar surface area (TPSA) is 48.5 Å². The highest BCUT2D eigenvalue weighted by molar-refractivity contribution is 6.30. The molecule has 1 aliphatic rings. The Balaban J connectivity index is 1.35. The largest absolute Gasteiger partial charge is 0.369 e. The maximum atomic E-state index is 12.0. The first-order chi connectivity index (χ1) is 12.2. The molecule has 132 valence electrons. The molecule has 2 heterocycles. The second kappa shape index (κ2) is 8.83. The lowest BCUT2D eigenvalue weighted by Gasteiger charge is -2.36. The number of aromatic nitrogens is 1. The molecule has 1 aliphatic heterocycles. The van der Waals surface area contributed by atoms with E-state index in [1.807, 2.05) is 18.2 Å². The van der Waals surface area contributed by atoms with Gasteiger partial charge in [-0.1, -0.05) is 17.7 Å². The summed E-state index contributed by atoms with van der Waals surface area (Å²) in [6, 6.07) is 11.5. The van der Waals surface area contributed by atoms with Crippen molar-refractivity contribution < 1.29 is 4.79 Å². The molecule has 1 fully saturated rings. The van der Waals surface area contributed by atoms with Gasteiger partial charge in [-0.25, -0.2) is 0 Å². The van der Waals surface area contributed by atoms with Crippen molar-refractivity contribution in [3.05, 3.63) is 59.4 Å². The van der Waals surface area contributed by atoms with Crippen molar-refractivity contribution in [2.45, 2.75) is 6.42 Å². The Bertz CT molecular complexity index is 687. The molecule has 3 rings (SSSR count). The predicted octanol–water partition coefficient (Wildman–Crippen LogP) is 2.68. The third-order valence-corrected chi connectivity index (χ3v) is 4.66. The van der Waals surface area contributed by atoms with Gasteiger partial charge in [0.05, 0.1) is 0 Å². The summed E-state index contributed by atoms with van der Waals surface area (Å²) >= 11 is 6.07. The van der Waals surface area contributed by atoms with E-state index in [4.69, 9.17) is 11.6 Å². The molecule has 25 heavy (non-hydrogen) atoms. The van der Waals surface area contributed by atoms with E-state index in [0.29, 0.717) is 12.1 Å². The summed E-state index contributed by atoms with van der Waals surface area (Å²) in [5, 5.41) is 3.74. The van der Waals surface area contributed by atoms with Crippen LogP contribution >= 0.6 is 11.6 Å². The number of nitrogens with zero attached hydrogens (tertiary/aromatic N) is 3. The first kappa shape index (κ1) is 17.7. The zero-order valence-corrected chi connectivity index (χ0v) is 15.0. The van der Waals surface area contributed by atoms with Crippen LogP contribution in [0, 0.1) is 0 Å². The third-order valence-electron chi connectivity index (χ3n) is 4.42. The average molecular weight is 359 g/mol. The highest BCUT2D eigenvalue weighted by Gasteiger charge is 2.17. The fourth-order valence-electron chi connectivity index (χ4n) is 3.01. The minimum absolute atomic E-state index is 0.0341. The van der Waals surface area contributed by atoms with Gasteiger partial charge in [-0.2, -0.15) is 0 Å². The lowest BCUT2D eigenvalue weighted by Crippen LogP contribution is -2.47. The quantitative estimate of drug-likeness (QED) is 0.806. The standard InChI is InChI=1S/C19H23ClN4O/c20-17-3-1-4-18(15-17)24-13-11-23(12-14-24)10-2-7-22-19(25)16-5-8-21-9-6-16/h1,3-6,8-9,15H,2,7,10-14H2,(H,22,25). The number of amides is 1. The van der Waals surface area contributed by atoms with Gasteiger partial charge in [-0.05, 0) is 43.3 Å². The monoisotopic (exact) mass is 358 g/mol. The Morgan fingerprint density at radius 2 is 1.88 bits per heavy atom. The maximum absolute atomic E-state index is 12.0. The molecular weight excluding hydrogens is 336 g/mol. The van der Waals surface area contributed by atoms with Crippen molar-refractivity contribution in [1.82, 2.24) is 15.2 Å². The van der Waals surface area contributed by atoms with Crippen molar-refractivity contribution in [3.63, 3.8) is 0 Å². The number of benzene rings is 1. The van der Waals surface area contributed by atoms with Crippen molar-refractivity contribution in [1.29, 1.82) is 0 Å². The summed E-state index contributed by atoms with van der Waals surface area (Å²) in [6.45, 7) is 5.76. The number of rotatable bonds is 6. The van der Waals surface area contributed by atoms with Crippen LogP contribution in [0.3, 0.4) is 0 Å². The molecular formula is C19H23ClN4O. The molecule has 0 aliphatic carbocycles. The summed E-state index contributed by atoms with van der Waals surface area (Å²) in [7, 11) is 0. The molecule has 0 radical (unpaired) electrons. The summed E-state index contributed by atoms with van der Waals surface area (Å²) in [4.78, 5) is 20.7. The highest BCUT2D eigenvalue weighted by atomic mass is 35.5. The number of nitrogens with one attached hydrogen (secondary N) is 1. The minimum Gasteiger partial charge on any atom is -0.369 e. The number of hydrogen-bond donors (Lipinski definition) is 1. The molecule has 5 nitrogen and oxygen atoms in total. The fourth-order valence-corrected chi connectivity index (χ4v) is 3.20. The number of carbonyl (C=O) groups is 1. The van der Waals surface area contributed by atoms with E-state index in [2.05, 4.69) is 26.2 Å². The molecule has 0 spiro atoms. The van der Waals surface area contributed by atoms with Gasteiger partial charge in [0.25, 0.3) is 5.91 Å². The Morgan fingerprint density at radius 1 is 1.12 bits per heavy atom. The molecule has 0 saturated carbocycles. The Morgan fingerprint density at radius 3 is 2.60 bits per heavy atom. The van der Waals surface area contributed by atoms with Crippen molar-refractivity contribution >= 4 is 23.2 Å². The smallest absolute Gasteiger partial charge is 0.251 e. The number of hydrogen-bond acceptors (Lipinski definition) is 4. The van der Waals surface area contributed by atoms with Crippen LogP contribution in [0.4, 0.5) is 5.69 Å². The van der Waals surface area contributed by atoms with Crippen LogP contribution in [0.25, 0.3) is 0 Å². The first-order valence-electron chi connectivity index (χ1n) is 8.63. The van der Waals surface area contributed by atoms with Crippen LogP contribution in [0.2, 0.25) is 5.02 Å². The SMILES string of the molecule is O=C(NCCCN1CCN(c2cccc(Cl)c2)CC1)c1ccncc1. The molecule has 1 amide bonds. The molecule has 0 bridgehead atoms. The Labute approximate surface area is 153 Å². The number of carbonyl (C=O) groups excluding carboxylic acids is 1. The normalized spacial score (nSPS) is 15.2. The van der Waals surface area contributed by atoms with E-state index in [9.17, 15) is 4.79 Å². The molecule has 0 unspecified atom stereocenters. The Kier molecular flexibility index (Phi) is 6.25. The molecule has 1 aromatic carbocycles. The van der Waals surface area contributed by atoms with Gasteiger partial charge >= 0.3 is 0 Å². The summed E-state index contributed by atoms with van der Waals surface area (Å²) < 4.78 is 0. The van der Waals surface area contributed by atoms with Gasteiger partial charge in [-0.15, -0.1) is 0 Å².